The number of nitrogens with one attached hydrogen (secondary N) is 1. The number of nitrogens with two attached hydrogens (primary N) is 1. The van der Waals surface area contributed by atoms with Crippen molar-refractivity contribution >= 4 is 40.9 Å². The fourth-order valence-corrected chi connectivity index (χ4v) is 4.38. The Morgan fingerprint density at radius 2 is 2.06 bits per heavy atom. The molecule has 1 aliphatic carbocycles. The van der Waals surface area contributed by atoms with Gasteiger partial charge in [0.15, 0.2) is 11.6 Å². The molecule has 0 unspecified atom stereocenters. The Labute approximate surface area is 205 Å². The standard InChI is InChI=1S/C23H26F2N4O5.ClH/c1-34-22-19-14(21(31)15(23(32)33)11-29(19)13-4-5-13)7-16(24)20(22)28-6-2-3-12(10-28)17(25)9-27-18(30)8-26;/h7,11,13H,2-6,8-10,26H2,1H3,(H,27,30)(H,32,33);1H/b17-12+;. The molecule has 9 nitrogen and oxygen atoms in total. The largest absolute Gasteiger partial charge is 0.492 e. The summed E-state index contributed by atoms with van der Waals surface area (Å²) in [5.74, 6) is -3.02. The van der Waals surface area contributed by atoms with Crippen LogP contribution in [0.25, 0.3) is 10.9 Å². The first-order valence-electron chi connectivity index (χ1n) is 11.0. The van der Waals surface area contributed by atoms with Crippen molar-refractivity contribution in [3.63, 3.8) is 0 Å². The van der Waals surface area contributed by atoms with E-state index in [0.717, 1.165) is 18.9 Å². The first-order chi connectivity index (χ1) is 16.3. The van der Waals surface area contributed by atoms with Crippen molar-refractivity contribution in [2.45, 2.75) is 31.7 Å². The summed E-state index contributed by atoms with van der Waals surface area (Å²) in [6.07, 6.45) is 3.87. The highest BCUT2D eigenvalue weighted by atomic mass is 35.5. The number of anilines is 1. The Morgan fingerprint density at radius 3 is 2.66 bits per heavy atom. The van der Waals surface area contributed by atoms with Crippen LogP contribution >= 0.6 is 12.4 Å². The number of aromatic carboxylic acids is 1. The van der Waals surface area contributed by atoms with Crippen LogP contribution in [-0.4, -0.2) is 54.8 Å². The zero-order valence-corrected chi connectivity index (χ0v) is 19.9. The highest BCUT2D eigenvalue weighted by Crippen LogP contribution is 2.44. The second-order valence-corrected chi connectivity index (χ2v) is 8.47. The lowest BCUT2D eigenvalue weighted by molar-refractivity contribution is -0.119. The van der Waals surface area contributed by atoms with E-state index in [9.17, 15) is 23.9 Å². The topological polar surface area (TPSA) is 127 Å². The quantitative estimate of drug-likeness (QED) is 0.520. The van der Waals surface area contributed by atoms with Gasteiger partial charge in [0.1, 0.15) is 17.1 Å². The molecule has 190 valence electrons. The number of rotatable bonds is 7. The summed E-state index contributed by atoms with van der Waals surface area (Å²) >= 11 is 0. The van der Waals surface area contributed by atoms with Crippen LogP contribution in [0.3, 0.4) is 0 Å². The molecule has 12 heteroatoms. The molecule has 4 rings (SSSR count). The fraction of sp³-hybridized carbons (Fsp3) is 0.435. The van der Waals surface area contributed by atoms with Crippen LogP contribution in [0.2, 0.25) is 0 Å². The maximum atomic E-state index is 15.4. The Morgan fingerprint density at radius 1 is 1.34 bits per heavy atom. The number of fused-ring (bicyclic) bond motifs is 1. The zero-order chi connectivity index (χ0) is 24.6. The van der Waals surface area contributed by atoms with Crippen molar-refractivity contribution in [3.05, 3.63) is 45.3 Å². The highest BCUT2D eigenvalue weighted by molar-refractivity contribution is 5.97. The van der Waals surface area contributed by atoms with Crippen molar-refractivity contribution in [2.24, 2.45) is 5.73 Å². The van der Waals surface area contributed by atoms with E-state index in [-0.39, 0.29) is 54.9 Å². The minimum absolute atomic E-state index is 0. The number of pyridine rings is 1. The molecule has 1 saturated carbocycles. The Hall–Kier alpha value is -3.18. The summed E-state index contributed by atoms with van der Waals surface area (Å²) < 4.78 is 37.4. The Balaban J connectivity index is 0.00000342. The van der Waals surface area contributed by atoms with Gasteiger partial charge in [0.05, 0.1) is 31.1 Å². The molecular weight excluding hydrogens is 486 g/mol. The zero-order valence-electron chi connectivity index (χ0n) is 19.1. The lowest BCUT2D eigenvalue weighted by Gasteiger charge is -2.33. The number of piperidine rings is 1. The predicted molar refractivity (Wildman–Crippen MR) is 129 cm³/mol. The van der Waals surface area contributed by atoms with Crippen LogP contribution in [-0.2, 0) is 4.79 Å². The fourth-order valence-electron chi connectivity index (χ4n) is 4.38. The van der Waals surface area contributed by atoms with Gasteiger partial charge in [0, 0.05) is 25.3 Å². The molecule has 1 saturated heterocycles. The minimum atomic E-state index is -1.38. The van der Waals surface area contributed by atoms with Crippen LogP contribution < -0.4 is 26.1 Å². The van der Waals surface area contributed by atoms with Crippen molar-refractivity contribution in [2.75, 3.05) is 38.2 Å². The predicted octanol–water partition coefficient (Wildman–Crippen LogP) is 2.50. The van der Waals surface area contributed by atoms with Gasteiger partial charge in [-0.25, -0.2) is 13.6 Å². The van der Waals surface area contributed by atoms with Gasteiger partial charge in [-0.3, -0.25) is 9.59 Å². The third-order valence-corrected chi connectivity index (χ3v) is 6.19. The molecule has 0 radical (unpaired) electrons. The van der Waals surface area contributed by atoms with Crippen LogP contribution in [0.4, 0.5) is 14.5 Å². The molecule has 0 bridgehead atoms. The van der Waals surface area contributed by atoms with Gasteiger partial charge >= 0.3 is 5.97 Å². The van der Waals surface area contributed by atoms with Crippen molar-refractivity contribution in [1.29, 1.82) is 0 Å². The summed E-state index contributed by atoms with van der Waals surface area (Å²) in [4.78, 5) is 37.4. The SMILES string of the molecule is COc1c(N2CCC/C(=C(\F)CNC(=O)CN)C2)c(F)cc2c(=O)c(C(=O)O)cn(C3CC3)c12.Cl. The molecule has 2 aliphatic rings. The first kappa shape index (κ1) is 26.4. The number of hydrogen-bond acceptors (Lipinski definition) is 6. The minimum Gasteiger partial charge on any atom is -0.492 e. The Kier molecular flexibility index (Phi) is 8.01. The number of ether oxygens (including phenoxy) is 1. The van der Waals surface area contributed by atoms with Crippen LogP contribution in [0.5, 0.6) is 5.75 Å². The van der Waals surface area contributed by atoms with E-state index >= 15 is 4.39 Å². The van der Waals surface area contributed by atoms with Crippen LogP contribution in [0, 0.1) is 5.82 Å². The summed E-state index contributed by atoms with van der Waals surface area (Å²) in [7, 11) is 1.36. The summed E-state index contributed by atoms with van der Waals surface area (Å²) in [6, 6.07) is 1.02. The summed E-state index contributed by atoms with van der Waals surface area (Å²) in [6.45, 7) is -0.0498. The van der Waals surface area contributed by atoms with E-state index in [1.165, 1.54) is 13.3 Å². The number of carboxylic acid groups (broad SMARTS) is 1. The average molecular weight is 513 g/mol. The second-order valence-electron chi connectivity index (χ2n) is 8.47. The highest BCUT2D eigenvalue weighted by Gasteiger charge is 2.32. The van der Waals surface area contributed by atoms with E-state index < -0.39 is 34.5 Å². The van der Waals surface area contributed by atoms with Crippen LogP contribution in [0.1, 0.15) is 42.1 Å². The van der Waals surface area contributed by atoms with E-state index in [1.807, 2.05) is 0 Å². The molecule has 1 aliphatic heterocycles. The molecule has 2 aromatic rings. The number of amides is 1. The van der Waals surface area contributed by atoms with E-state index in [2.05, 4.69) is 5.32 Å². The van der Waals surface area contributed by atoms with Gasteiger partial charge < -0.3 is 30.4 Å². The Bertz CT molecular complexity index is 1260. The van der Waals surface area contributed by atoms with Crippen molar-refractivity contribution in [3.8, 4) is 5.75 Å². The molecule has 0 spiro atoms. The van der Waals surface area contributed by atoms with Crippen molar-refractivity contribution < 1.29 is 28.2 Å². The lowest BCUT2D eigenvalue weighted by atomic mass is 10.0. The van der Waals surface area contributed by atoms with Crippen molar-refractivity contribution in [1.82, 2.24) is 9.88 Å². The number of methoxy groups -OCH3 is 1. The van der Waals surface area contributed by atoms with E-state index in [4.69, 9.17) is 10.5 Å². The smallest absolute Gasteiger partial charge is 0.341 e. The molecule has 1 aromatic carbocycles. The first-order valence-corrected chi connectivity index (χ1v) is 11.0. The average Bonchev–Trinajstić information content (AvgIpc) is 3.67. The van der Waals surface area contributed by atoms with E-state index in [1.54, 1.807) is 9.47 Å². The number of carbonyl (C=O) groups excluding carboxylic acids is 1. The summed E-state index contributed by atoms with van der Waals surface area (Å²) in [5.41, 5.74) is 4.84. The molecule has 35 heavy (non-hydrogen) atoms. The van der Waals surface area contributed by atoms with Crippen LogP contribution in [0.15, 0.2) is 28.5 Å². The number of halogens is 3. The molecule has 0 atom stereocenters. The van der Waals surface area contributed by atoms with E-state index in [0.29, 0.717) is 30.5 Å². The maximum Gasteiger partial charge on any atom is 0.341 e. The van der Waals surface area contributed by atoms with Gasteiger partial charge in [-0.1, -0.05) is 0 Å². The number of aromatic nitrogens is 1. The number of carboxylic acids is 1. The molecule has 2 heterocycles. The van der Waals surface area contributed by atoms with Gasteiger partial charge in [0.2, 0.25) is 11.3 Å². The molecule has 2 fully saturated rings. The number of nitrogens with zero attached hydrogens (tertiary/aromatic N) is 2. The third-order valence-electron chi connectivity index (χ3n) is 6.19. The number of benzene rings is 1. The molecule has 1 amide bonds. The van der Waals surface area contributed by atoms with Gasteiger partial charge in [-0.15, -0.1) is 12.4 Å². The number of hydrogen-bond donors (Lipinski definition) is 3. The second kappa shape index (κ2) is 10.6. The summed E-state index contributed by atoms with van der Waals surface area (Å²) in [5, 5.41) is 11.8. The van der Waals surface area contributed by atoms with Gasteiger partial charge in [0.25, 0.3) is 0 Å². The number of carbonyl (C=O) groups is 2. The normalized spacial score (nSPS) is 17.1. The molecule has 4 N–H and O–H groups in total. The third kappa shape index (κ3) is 5.10. The lowest BCUT2D eigenvalue weighted by Crippen LogP contribution is -2.35. The molecular formula is C23H27ClF2N4O5. The van der Waals surface area contributed by atoms with Gasteiger partial charge in [-0.05, 0) is 37.3 Å². The molecule has 1 aromatic heterocycles. The monoisotopic (exact) mass is 512 g/mol. The maximum absolute atomic E-state index is 15.4. The van der Waals surface area contributed by atoms with Gasteiger partial charge in [-0.2, -0.15) is 0 Å².